The van der Waals surface area contributed by atoms with Crippen LogP contribution in [-0.2, 0) is 9.84 Å². The van der Waals surface area contributed by atoms with Crippen molar-refractivity contribution in [3.05, 3.63) is 0 Å². The highest BCUT2D eigenvalue weighted by molar-refractivity contribution is 7.91. The van der Waals surface area contributed by atoms with Crippen molar-refractivity contribution in [2.24, 2.45) is 0 Å². The summed E-state index contributed by atoms with van der Waals surface area (Å²) in [5.41, 5.74) is 0. The minimum Gasteiger partial charge on any atom is -0.314 e. The molecule has 1 aliphatic rings. The third-order valence-corrected chi connectivity index (χ3v) is 6.00. The third-order valence-electron chi connectivity index (χ3n) is 3.58. The molecule has 4 heteroatoms. The zero-order chi connectivity index (χ0) is 12.0. The topological polar surface area (TPSA) is 46.2 Å². The summed E-state index contributed by atoms with van der Waals surface area (Å²) in [7, 11) is -2.85. The maximum absolute atomic E-state index is 11.7. The van der Waals surface area contributed by atoms with Crippen molar-refractivity contribution in [3.8, 4) is 0 Å². The molecule has 3 nitrogen and oxygen atoms in total. The summed E-state index contributed by atoms with van der Waals surface area (Å²) in [5.74, 6) is 0.335. The van der Waals surface area contributed by atoms with E-state index in [1.54, 1.807) is 6.92 Å². The Morgan fingerprint density at radius 3 is 2.50 bits per heavy atom. The molecule has 0 radical (unpaired) electrons. The standard InChI is InChI=1S/C12H25NO2S/c1-3-11(2)16(14,15)10-6-9-13-12-7-4-5-8-12/h11-13H,3-10H2,1-2H3. The van der Waals surface area contributed by atoms with Crippen LogP contribution in [0.15, 0.2) is 0 Å². The predicted molar refractivity (Wildman–Crippen MR) is 68.4 cm³/mol. The fourth-order valence-electron chi connectivity index (χ4n) is 2.16. The lowest BCUT2D eigenvalue weighted by Gasteiger charge is -2.13. The van der Waals surface area contributed by atoms with Crippen LogP contribution in [0.2, 0.25) is 0 Å². The summed E-state index contributed by atoms with van der Waals surface area (Å²) in [6.07, 6.45) is 6.64. The maximum Gasteiger partial charge on any atom is 0.152 e. The first-order valence-corrected chi connectivity index (χ1v) is 8.22. The Morgan fingerprint density at radius 2 is 1.94 bits per heavy atom. The lowest BCUT2D eigenvalue weighted by molar-refractivity contribution is 0.519. The molecule has 1 saturated carbocycles. The average Bonchev–Trinajstić information content (AvgIpc) is 2.76. The van der Waals surface area contributed by atoms with Crippen LogP contribution >= 0.6 is 0 Å². The molecule has 0 spiro atoms. The van der Waals surface area contributed by atoms with Gasteiger partial charge in [0.1, 0.15) is 0 Å². The molecular formula is C12H25NO2S. The van der Waals surface area contributed by atoms with Crippen molar-refractivity contribution >= 4 is 9.84 Å². The van der Waals surface area contributed by atoms with E-state index in [1.807, 2.05) is 6.92 Å². The lowest BCUT2D eigenvalue weighted by atomic mass is 10.2. The predicted octanol–water partition coefficient (Wildman–Crippen LogP) is 2.12. The van der Waals surface area contributed by atoms with Gasteiger partial charge in [-0.2, -0.15) is 0 Å². The summed E-state index contributed by atoms with van der Waals surface area (Å²) in [4.78, 5) is 0. The van der Waals surface area contributed by atoms with Crippen LogP contribution < -0.4 is 5.32 Å². The Labute approximate surface area is 99.9 Å². The van der Waals surface area contributed by atoms with Gasteiger partial charge in [0.15, 0.2) is 9.84 Å². The molecule has 0 aromatic carbocycles. The van der Waals surface area contributed by atoms with Gasteiger partial charge in [0.2, 0.25) is 0 Å². The van der Waals surface area contributed by atoms with Crippen LogP contribution in [-0.4, -0.2) is 32.0 Å². The van der Waals surface area contributed by atoms with E-state index in [0.29, 0.717) is 11.8 Å². The van der Waals surface area contributed by atoms with E-state index >= 15 is 0 Å². The Hall–Kier alpha value is -0.0900. The van der Waals surface area contributed by atoms with E-state index in [1.165, 1.54) is 25.7 Å². The van der Waals surface area contributed by atoms with Gasteiger partial charge in [0, 0.05) is 6.04 Å². The zero-order valence-corrected chi connectivity index (χ0v) is 11.4. The highest BCUT2D eigenvalue weighted by atomic mass is 32.2. The smallest absolute Gasteiger partial charge is 0.152 e. The average molecular weight is 247 g/mol. The van der Waals surface area contributed by atoms with Crippen molar-refractivity contribution in [2.75, 3.05) is 12.3 Å². The second kappa shape index (κ2) is 6.60. The number of hydrogen-bond donors (Lipinski definition) is 1. The normalized spacial score (nSPS) is 20.1. The molecule has 1 rings (SSSR count). The minimum atomic E-state index is -2.85. The summed E-state index contributed by atoms with van der Waals surface area (Å²) in [6, 6.07) is 0.645. The van der Waals surface area contributed by atoms with E-state index in [2.05, 4.69) is 5.32 Å². The van der Waals surface area contributed by atoms with Gasteiger partial charge in [-0.25, -0.2) is 8.42 Å². The van der Waals surface area contributed by atoms with Crippen LogP contribution in [0.25, 0.3) is 0 Å². The van der Waals surface area contributed by atoms with E-state index in [9.17, 15) is 8.42 Å². The first kappa shape index (κ1) is 14.0. The van der Waals surface area contributed by atoms with E-state index in [4.69, 9.17) is 0 Å². The van der Waals surface area contributed by atoms with Gasteiger partial charge in [-0.05, 0) is 39.2 Å². The van der Waals surface area contributed by atoms with Gasteiger partial charge in [-0.15, -0.1) is 0 Å². The van der Waals surface area contributed by atoms with Crippen LogP contribution in [0, 0.1) is 0 Å². The van der Waals surface area contributed by atoms with Gasteiger partial charge in [-0.1, -0.05) is 19.8 Å². The number of hydrogen-bond acceptors (Lipinski definition) is 3. The molecule has 0 aliphatic heterocycles. The molecular weight excluding hydrogens is 222 g/mol. The molecule has 1 N–H and O–H groups in total. The van der Waals surface area contributed by atoms with Crippen LogP contribution in [0.1, 0.15) is 52.4 Å². The first-order valence-electron chi connectivity index (χ1n) is 6.51. The number of sulfone groups is 1. The quantitative estimate of drug-likeness (QED) is 0.701. The molecule has 1 unspecified atom stereocenters. The second-order valence-corrected chi connectivity index (χ2v) is 7.41. The van der Waals surface area contributed by atoms with E-state index < -0.39 is 9.84 Å². The molecule has 0 bridgehead atoms. The maximum atomic E-state index is 11.7. The van der Waals surface area contributed by atoms with Crippen molar-refractivity contribution in [1.82, 2.24) is 5.32 Å². The highest BCUT2D eigenvalue weighted by Crippen LogP contribution is 2.17. The molecule has 1 fully saturated rings. The molecule has 0 amide bonds. The summed E-state index contributed by atoms with van der Waals surface area (Å²) < 4.78 is 23.5. The van der Waals surface area contributed by atoms with Crippen LogP contribution in [0.3, 0.4) is 0 Å². The minimum absolute atomic E-state index is 0.181. The van der Waals surface area contributed by atoms with Gasteiger partial charge in [0.05, 0.1) is 11.0 Å². The monoisotopic (exact) mass is 247 g/mol. The largest absolute Gasteiger partial charge is 0.314 e. The van der Waals surface area contributed by atoms with Crippen molar-refractivity contribution < 1.29 is 8.42 Å². The molecule has 1 atom stereocenters. The van der Waals surface area contributed by atoms with Gasteiger partial charge in [0.25, 0.3) is 0 Å². The lowest BCUT2D eigenvalue weighted by Crippen LogP contribution is -2.29. The molecule has 1 aliphatic carbocycles. The van der Waals surface area contributed by atoms with Crippen LogP contribution in [0.5, 0.6) is 0 Å². The van der Waals surface area contributed by atoms with Crippen molar-refractivity contribution in [1.29, 1.82) is 0 Å². The molecule has 16 heavy (non-hydrogen) atoms. The Kier molecular flexibility index (Phi) is 5.76. The SMILES string of the molecule is CCC(C)S(=O)(=O)CCCNC1CCCC1. The van der Waals surface area contributed by atoms with E-state index in [0.717, 1.165) is 19.4 Å². The van der Waals surface area contributed by atoms with Crippen molar-refractivity contribution in [3.63, 3.8) is 0 Å². The number of rotatable bonds is 7. The third kappa shape index (κ3) is 4.42. The number of nitrogens with one attached hydrogen (secondary N) is 1. The molecule has 0 aromatic heterocycles. The van der Waals surface area contributed by atoms with E-state index in [-0.39, 0.29) is 5.25 Å². The highest BCUT2D eigenvalue weighted by Gasteiger charge is 2.19. The zero-order valence-electron chi connectivity index (χ0n) is 10.5. The molecule has 0 saturated heterocycles. The summed E-state index contributed by atoms with van der Waals surface area (Å²) in [5, 5.41) is 3.27. The Bertz CT molecular complexity index is 281. The first-order chi connectivity index (χ1) is 7.56. The van der Waals surface area contributed by atoms with Gasteiger partial charge in [-0.3, -0.25) is 0 Å². The van der Waals surface area contributed by atoms with Crippen LogP contribution in [0.4, 0.5) is 0 Å². The Morgan fingerprint density at radius 1 is 1.31 bits per heavy atom. The molecule has 0 aromatic rings. The molecule has 96 valence electrons. The fraction of sp³-hybridized carbons (Fsp3) is 1.00. The van der Waals surface area contributed by atoms with Gasteiger partial charge < -0.3 is 5.32 Å². The van der Waals surface area contributed by atoms with Gasteiger partial charge >= 0.3 is 0 Å². The summed E-state index contributed by atoms with van der Waals surface area (Å²) >= 11 is 0. The fourth-order valence-corrected chi connectivity index (χ4v) is 3.62. The Balaban J connectivity index is 2.14. The second-order valence-electron chi connectivity index (χ2n) is 4.87. The summed E-state index contributed by atoms with van der Waals surface area (Å²) in [6.45, 7) is 4.58. The van der Waals surface area contributed by atoms with Crippen molar-refractivity contribution in [2.45, 2.75) is 63.7 Å². The molecule has 0 heterocycles.